The van der Waals surface area contributed by atoms with Crippen LogP contribution in [-0.4, -0.2) is 88.1 Å². The molecule has 6 unspecified atom stereocenters. The Morgan fingerprint density at radius 3 is 2.29 bits per heavy atom. The number of hydrogen-bond donors (Lipinski definition) is 0. The summed E-state index contributed by atoms with van der Waals surface area (Å²) in [6.07, 6.45) is 6.35. The number of aromatic nitrogens is 2. The lowest BCUT2D eigenvalue weighted by Gasteiger charge is -2.56. The zero-order valence-electron chi connectivity index (χ0n) is 35.4. The molecule has 2 heterocycles. The Labute approximate surface area is 334 Å². The van der Waals surface area contributed by atoms with Gasteiger partial charge in [-0.3, -0.25) is 14.4 Å². The van der Waals surface area contributed by atoms with Crippen molar-refractivity contribution in [1.29, 1.82) is 0 Å². The van der Waals surface area contributed by atoms with Crippen LogP contribution in [0.1, 0.15) is 105 Å². The third-order valence-electron chi connectivity index (χ3n) is 12.0. The summed E-state index contributed by atoms with van der Waals surface area (Å²) < 4.78 is 7.63. The number of nitrogens with zero attached hydrogens (tertiary/aromatic N) is 7. The number of ether oxygens (including phenoxy) is 1. The summed E-state index contributed by atoms with van der Waals surface area (Å²) in [5.41, 5.74) is 1.53. The number of piperidine rings is 1. The predicted molar refractivity (Wildman–Crippen MR) is 221 cm³/mol. The number of unbranched alkanes of at least 4 members (excludes halogenated alkanes) is 1. The highest BCUT2D eigenvalue weighted by Gasteiger charge is 2.55. The van der Waals surface area contributed by atoms with Crippen LogP contribution in [0.25, 0.3) is 0 Å². The Morgan fingerprint density at radius 2 is 1.68 bits per heavy atom. The number of amides is 1. The van der Waals surface area contributed by atoms with Crippen LogP contribution < -0.4 is 4.90 Å². The molecule has 0 saturated carbocycles. The van der Waals surface area contributed by atoms with Crippen molar-refractivity contribution in [2.45, 2.75) is 117 Å². The molecule has 1 aromatic heterocycles. The van der Waals surface area contributed by atoms with E-state index >= 15 is 0 Å². The van der Waals surface area contributed by atoms with Gasteiger partial charge in [0, 0.05) is 70.6 Å². The van der Waals surface area contributed by atoms with Crippen molar-refractivity contribution in [2.24, 2.45) is 29.1 Å². The molecule has 2 aromatic carbocycles. The molecule has 56 heavy (non-hydrogen) atoms. The molecule has 1 amide bonds. The second-order valence-electron chi connectivity index (χ2n) is 16.1. The number of Topliss-reactive ketones (excluding diaryl/α,β-unsaturated/α-hetero) is 1. The van der Waals surface area contributed by atoms with Crippen LogP contribution in [0.4, 0.5) is 17.3 Å². The maximum Gasteiger partial charge on any atom is 0.337 e. The molecule has 0 spiro atoms. The van der Waals surface area contributed by atoms with E-state index < -0.39 is 29.1 Å². The lowest BCUT2D eigenvalue weighted by Crippen LogP contribution is -2.67. The topological polar surface area (TPSA) is 122 Å². The number of rotatable bonds is 20. The molecule has 3 aromatic rings. The van der Waals surface area contributed by atoms with Gasteiger partial charge in [0.25, 0.3) is 0 Å². The first kappa shape index (κ1) is 44.3. The number of benzene rings is 2. The van der Waals surface area contributed by atoms with Gasteiger partial charge in [-0.25, -0.2) is 9.78 Å². The van der Waals surface area contributed by atoms with Gasteiger partial charge in [0.2, 0.25) is 11.9 Å². The first-order valence-electron chi connectivity index (χ1n) is 20.3. The molecule has 12 nitrogen and oxygen atoms in total. The van der Waals surface area contributed by atoms with Gasteiger partial charge in [-0.05, 0) is 81.7 Å². The lowest BCUT2D eigenvalue weighted by atomic mass is 9.70. The Bertz CT molecular complexity index is 1750. The summed E-state index contributed by atoms with van der Waals surface area (Å²) >= 11 is 0. The number of carbonyl (C=O) groups is 3. The number of likely N-dealkylation sites (N-methyl/N-ethyl adjacent to an activating group) is 2. The summed E-state index contributed by atoms with van der Waals surface area (Å²) in [5, 5.41) is 10.5. The normalized spacial score (nSPS) is 21.8. The third-order valence-corrected chi connectivity index (χ3v) is 12.0. The first-order chi connectivity index (χ1) is 26.7. The monoisotopic (exact) mass is 772 g/mol. The summed E-state index contributed by atoms with van der Waals surface area (Å²) in [4.78, 5) is 56.9. The predicted octanol–water partition coefficient (Wildman–Crippen LogP) is 8.82. The van der Waals surface area contributed by atoms with Crippen LogP contribution in [-0.2, 0) is 31.0 Å². The zero-order chi connectivity index (χ0) is 41.0. The molecule has 1 aliphatic rings. The molecule has 6 atom stereocenters. The Balaban J connectivity index is 1.57. The van der Waals surface area contributed by atoms with Crippen molar-refractivity contribution in [3.05, 3.63) is 72.6 Å². The second-order valence-corrected chi connectivity index (χ2v) is 16.1. The summed E-state index contributed by atoms with van der Waals surface area (Å²) in [6, 6.07) is 17.9. The minimum Gasteiger partial charge on any atom is -0.464 e. The third kappa shape index (κ3) is 10.9. The minimum atomic E-state index is -1.04. The molecular weight excluding hydrogens is 707 g/mol. The molecule has 306 valence electrons. The quantitative estimate of drug-likeness (QED) is 0.0635. The fourth-order valence-electron chi connectivity index (χ4n) is 7.51. The van der Waals surface area contributed by atoms with Crippen molar-refractivity contribution in [2.75, 3.05) is 38.7 Å². The van der Waals surface area contributed by atoms with Crippen molar-refractivity contribution in [3.8, 4) is 0 Å². The number of esters is 1. The van der Waals surface area contributed by atoms with E-state index in [1.54, 1.807) is 15.7 Å². The summed E-state index contributed by atoms with van der Waals surface area (Å²) in [6.45, 7) is 15.6. The molecule has 12 heteroatoms. The van der Waals surface area contributed by atoms with E-state index in [1.807, 2.05) is 109 Å². The van der Waals surface area contributed by atoms with Crippen LogP contribution in [0, 0.1) is 11.8 Å². The zero-order valence-corrected chi connectivity index (χ0v) is 35.4. The molecule has 1 aliphatic heterocycles. The van der Waals surface area contributed by atoms with Crippen LogP contribution in [0.15, 0.2) is 77.2 Å². The van der Waals surface area contributed by atoms with E-state index in [1.165, 1.54) is 0 Å². The van der Waals surface area contributed by atoms with Crippen LogP contribution in [0.3, 0.4) is 0 Å². The highest BCUT2D eigenvalue weighted by Crippen LogP contribution is 2.45. The molecule has 0 radical (unpaired) electrons. The van der Waals surface area contributed by atoms with Gasteiger partial charge in [0.15, 0.2) is 6.10 Å². The van der Waals surface area contributed by atoms with Crippen LogP contribution >= 0.6 is 0 Å². The summed E-state index contributed by atoms with van der Waals surface area (Å²) in [5.74, 6) is -0.612. The number of carbonyl (C=O) groups excluding carboxylic acids is 3. The number of azo groups is 1. The van der Waals surface area contributed by atoms with Crippen molar-refractivity contribution < 1.29 is 24.0 Å². The maximum absolute atomic E-state index is 14.6. The highest BCUT2D eigenvalue weighted by atomic mass is 16.7. The van der Waals surface area contributed by atoms with Crippen molar-refractivity contribution >= 4 is 35.0 Å². The van der Waals surface area contributed by atoms with Gasteiger partial charge >= 0.3 is 5.97 Å². The van der Waals surface area contributed by atoms with E-state index in [0.717, 1.165) is 24.1 Å². The fraction of sp³-hybridized carbons (Fsp3) is 0.591. The number of imidazole rings is 1. The average Bonchev–Trinajstić information content (AvgIpc) is 3.63. The van der Waals surface area contributed by atoms with Crippen LogP contribution in [0.5, 0.6) is 0 Å². The molecule has 0 bridgehead atoms. The first-order valence-corrected chi connectivity index (χ1v) is 20.3. The van der Waals surface area contributed by atoms with Gasteiger partial charge in [0.05, 0.1) is 23.4 Å². The Hall–Kier alpha value is -4.42. The van der Waals surface area contributed by atoms with Crippen molar-refractivity contribution in [1.82, 2.24) is 19.5 Å². The van der Waals surface area contributed by atoms with E-state index in [0.29, 0.717) is 50.4 Å². The largest absolute Gasteiger partial charge is 0.464 e. The Kier molecular flexibility index (Phi) is 15.9. The summed E-state index contributed by atoms with van der Waals surface area (Å²) in [7, 11) is 5.69. The van der Waals surface area contributed by atoms with Gasteiger partial charge in [-0.15, -0.1) is 10.2 Å². The van der Waals surface area contributed by atoms with E-state index in [-0.39, 0.29) is 36.6 Å². The van der Waals surface area contributed by atoms with E-state index in [2.05, 4.69) is 46.1 Å². The molecule has 4 rings (SSSR count). The standard InChI is InChI=1S/C44H65N7O5/c1-11-14-28-55-41(54)39(56-51-43(6,12-2)31-38(52)33(5)44(51,7)13-3)30-35(29-32(4)34-18-16-15-17-19-34)40(53)49(9)27-26-48(8)37-22-20-36(21-23-37)46-47-42-45-24-25-50(42)10/h15-25,32-33,35,39H,11-14,26-31H2,1-10H3. The number of hydroxylamine groups is 2. The smallest absolute Gasteiger partial charge is 0.337 e. The molecule has 1 saturated heterocycles. The highest BCUT2D eigenvalue weighted by molar-refractivity contribution is 5.84. The Morgan fingerprint density at radius 1 is 0.982 bits per heavy atom. The maximum atomic E-state index is 14.6. The second kappa shape index (κ2) is 20.1. The fourth-order valence-corrected chi connectivity index (χ4v) is 7.51. The SMILES string of the molecule is CCCCOC(=O)C(CC(CC(C)c1ccccc1)C(=O)N(C)CCN(C)c1ccc(N=Nc2nccn2C)cc1)ON1C(C)(CC)CC(=O)C(C)C1(C)CC. The van der Waals surface area contributed by atoms with E-state index in [4.69, 9.17) is 9.57 Å². The average molecular weight is 772 g/mol. The molecular formula is C44H65N7O5. The molecule has 0 aliphatic carbocycles. The lowest BCUT2D eigenvalue weighted by molar-refractivity contribution is -0.315. The number of hydrogen-bond acceptors (Lipinski definition) is 10. The van der Waals surface area contributed by atoms with Gasteiger partial charge < -0.3 is 19.1 Å². The van der Waals surface area contributed by atoms with Crippen molar-refractivity contribution in [3.63, 3.8) is 0 Å². The van der Waals surface area contributed by atoms with Gasteiger partial charge in [0.1, 0.15) is 5.78 Å². The molecule has 0 N–H and O–H groups in total. The number of anilines is 1. The molecule has 1 fully saturated rings. The minimum absolute atomic E-state index is 0.0421. The number of aryl methyl sites for hydroxylation is 1. The van der Waals surface area contributed by atoms with Crippen LogP contribution in [0.2, 0.25) is 0 Å². The van der Waals surface area contributed by atoms with E-state index in [9.17, 15) is 14.4 Å². The number of ketones is 1. The van der Waals surface area contributed by atoms with Gasteiger partial charge in [-0.1, -0.05) is 71.4 Å². The van der Waals surface area contributed by atoms with Gasteiger partial charge in [-0.2, -0.15) is 5.06 Å².